The van der Waals surface area contributed by atoms with Gasteiger partial charge in [0.05, 0.1) is 13.7 Å². The normalized spacial score (nSPS) is 11.5. The van der Waals surface area contributed by atoms with Gasteiger partial charge in [0.2, 0.25) is 11.8 Å². The number of hydrogen-bond donors (Lipinski definition) is 1. The first-order chi connectivity index (χ1) is 15.5. The molecule has 0 aliphatic carbocycles. The molecule has 0 saturated heterocycles. The number of nitrogens with zero attached hydrogens (tertiary/aromatic N) is 1. The highest BCUT2D eigenvalue weighted by Crippen LogP contribution is 2.17. The number of unbranched alkanes of at least 4 members (excludes halogenated alkanes) is 1. The molecule has 32 heavy (non-hydrogen) atoms. The van der Waals surface area contributed by atoms with Crippen LogP contribution in [0.4, 0.5) is 0 Å². The Hall–Kier alpha value is -3.02. The number of carbonyl (C=O) groups is 2. The summed E-state index contributed by atoms with van der Waals surface area (Å²) in [5.74, 6) is 1.38. The van der Waals surface area contributed by atoms with Gasteiger partial charge in [-0.25, -0.2) is 0 Å². The van der Waals surface area contributed by atoms with Gasteiger partial charge in [0, 0.05) is 19.5 Å². The average molecular weight is 441 g/mol. The lowest BCUT2D eigenvalue weighted by Crippen LogP contribution is -2.49. The lowest BCUT2D eigenvalue weighted by molar-refractivity contribution is -0.140. The summed E-state index contributed by atoms with van der Waals surface area (Å²) in [6.07, 6.45) is 3.56. The number of ether oxygens (including phenoxy) is 2. The van der Waals surface area contributed by atoms with Crippen molar-refractivity contribution in [2.24, 2.45) is 0 Å². The summed E-state index contributed by atoms with van der Waals surface area (Å²) < 4.78 is 10.9. The van der Waals surface area contributed by atoms with Crippen LogP contribution >= 0.6 is 0 Å². The molecule has 0 bridgehead atoms. The molecule has 0 aliphatic heterocycles. The van der Waals surface area contributed by atoms with Crippen molar-refractivity contribution in [1.29, 1.82) is 0 Å². The van der Waals surface area contributed by atoms with E-state index in [0.29, 0.717) is 39.0 Å². The van der Waals surface area contributed by atoms with Gasteiger partial charge in [0.15, 0.2) is 0 Å². The quantitative estimate of drug-likeness (QED) is 0.447. The van der Waals surface area contributed by atoms with Gasteiger partial charge in [-0.2, -0.15) is 0 Å². The maximum absolute atomic E-state index is 13.0. The van der Waals surface area contributed by atoms with Crippen LogP contribution in [-0.2, 0) is 16.0 Å². The maximum atomic E-state index is 13.0. The van der Waals surface area contributed by atoms with Gasteiger partial charge in [0.25, 0.3) is 0 Å². The van der Waals surface area contributed by atoms with Crippen molar-refractivity contribution in [2.45, 2.75) is 52.0 Å². The molecule has 6 nitrogen and oxygen atoms in total. The third-order valence-corrected chi connectivity index (χ3v) is 5.34. The van der Waals surface area contributed by atoms with E-state index in [-0.39, 0.29) is 11.8 Å². The maximum Gasteiger partial charge on any atom is 0.242 e. The van der Waals surface area contributed by atoms with E-state index >= 15 is 0 Å². The fourth-order valence-electron chi connectivity index (χ4n) is 3.34. The third-order valence-electron chi connectivity index (χ3n) is 5.34. The van der Waals surface area contributed by atoms with Gasteiger partial charge in [0.1, 0.15) is 17.5 Å². The van der Waals surface area contributed by atoms with Crippen LogP contribution in [0.2, 0.25) is 0 Å². The predicted octanol–water partition coefficient (Wildman–Crippen LogP) is 4.23. The highest BCUT2D eigenvalue weighted by Gasteiger charge is 2.25. The minimum Gasteiger partial charge on any atom is -0.497 e. The fourth-order valence-corrected chi connectivity index (χ4v) is 3.34. The van der Waals surface area contributed by atoms with Crippen LogP contribution in [-0.4, -0.2) is 49.6 Å². The van der Waals surface area contributed by atoms with Crippen LogP contribution in [0.5, 0.6) is 11.5 Å². The standard InChI is InChI=1S/C26H36N2O4/c1-4-5-18-27-26(30)21(2)28(19-17-22-10-7-6-8-11-22)25(29)12-9-20-32-24-15-13-23(31-3)14-16-24/h6-8,10-11,13-16,21H,4-5,9,12,17-20H2,1-3H3,(H,27,30)/t21-/m0/s1. The van der Waals surface area contributed by atoms with Crippen LogP contribution in [0.1, 0.15) is 45.1 Å². The van der Waals surface area contributed by atoms with Crippen LogP contribution in [0.3, 0.4) is 0 Å². The highest BCUT2D eigenvalue weighted by molar-refractivity contribution is 5.87. The molecule has 174 valence electrons. The SMILES string of the molecule is CCCCNC(=O)[C@H](C)N(CCc1ccccc1)C(=O)CCCOc1ccc(OC)cc1. The summed E-state index contributed by atoms with van der Waals surface area (Å²) in [4.78, 5) is 27.3. The molecule has 0 aliphatic rings. The summed E-state index contributed by atoms with van der Waals surface area (Å²) in [7, 11) is 1.62. The van der Waals surface area contributed by atoms with Gasteiger partial charge in [-0.15, -0.1) is 0 Å². The van der Waals surface area contributed by atoms with E-state index in [9.17, 15) is 9.59 Å². The van der Waals surface area contributed by atoms with E-state index in [1.54, 1.807) is 18.9 Å². The summed E-state index contributed by atoms with van der Waals surface area (Å²) >= 11 is 0. The molecule has 2 aromatic rings. The van der Waals surface area contributed by atoms with Gasteiger partial charge in [-0.3, -0.25) is 9.59 Å². The van der Waals surface area contributed by atoms with Crippen LogP contribution in [0, 0.1) is 0 Å². The van der Waals surface area contributed by atoms with Gasteiger partial charge in [-0.1, -0.05) is 43.7 Å². The van der Waals surface area contributed by atoms with Crippen molar-refractivity contribution >= 4 is 11.8 Å². The lowest BCUT2D eigenvalue weighted by Gasteiger charge is -2.29. The molecular weight excluding hydrogens is 404 g/mol. The summed E-state index contributed by atoms with van der Waals surface area (Å²) in [6, 6.07) is 16.9. The van der Waals surface area contributed by atoms with E-state index in [4.69, 9.17) is 9.47 Å². The predicted molar refractivity (Wildman–Crippen MR) is 127 cm³/mol. The van der Waals surface area contributed by atoms with Gasteiger partial charge < -0.3 is 19.7 Å². The van der Waals surface area contributed by atoms with Crippen molar-refractivity contribution in [2.75, 3.05) is 26.8 Å². The average Bonchev–Trinajstić information content (AvgIpc) is 2.83. The Morgan fingerprint density at radius 3 is 2.34 bits per heavy atom. The summed E-state index contributed by atoms with van der Waals surface area (Å²) in [5.41, 5.74) is 1.15. The number of rotatable bonds is 14. The van der Waals surface area contributed by atoms with Crippen molar-refractivity contribution in [1.82, 2.24) is 10.2 Å². The Morgan fingerprint density at radius 1 is 1.00 bits per heavy atom. The summed E-state index contributed by atoms with van der Waals surface area (Å²) in [6.45, 7) is 5.46. The van der Waals surface area contributed by atoms with Crippen molar-refractivity contribution in [3.8, 4) is 11.5 Å². The van der Waals surface area contributed by atoms with Gasteiger partial charge in [-0.05, 0) is 56.0 Å². The Kier molecular flexibility index (Phi) is 11.1. The molecule has 2 aromatic carbocycles. The summed E-state index contributed by atoms with van der Waals surface area (Å²) in [5, 5.41) is 2.95. The molecule has 2 amide bonds. The second-order valence-electron chi connectivity index (χ2n) is 7.77. The fraction of sp³-hybridized carbons (Fsp3) is 0.462. The molecule has 0 fully saturated rings. The highest BCUT2D eigenvalue weighted by atomic mass is 16.5. The molecule has 0 saturated carbocycles. The molecular formula is C26H36N2O4. The second-order valence-corrected chi connectivity index (χ2v) is 7.77. The molecule has 0 aromatic heterocycles. The zero-order valence-electron chi connectivity index (χ0n) is 19.5. The number of methoxy groups -OCH3 is 1. The molecule has 0 radical (unpaired) electrons. The van der Waals surface area contributed by atoms with Crippen molar-refractivity contribution in [3.05, 3.63) is 60.2 Å². The Balaban J connectivity index is 1.89. The van der Waals surface area contributed by atoms with E-state index in [1.165, 1.54) is 0 Å². The number of nitrogens with one attached hydrogen (secondary N) is 1. The van der Waals surface area contributed by atoms with Crippen LogP contribution < -0.4 is 14.8 Å². The molecule has 0 unspecified atom stereocenters. The molecule has 1 atom stereocenters. The minimum absolute atomic E-state index is 0.0302. The molecule has 6 heteroatoms. The Morgan fingerprint density at radius 2 is 1.69 bits per heavy atom. The first-order valence-corrected chi connectivity index (χ1v) is 11.4. The third kappa shape index (κ3) is 8.61. The van der Waals surface area contributed by atoms with E-state index in [1.807, 2.05) is 54.6 Å². The number of benzene rings is 2. The van der Waals surface area contributed by atoms with E-state index in [2.05, 4.69) is 12.2 Å². The van der Waals surface area contributed by atoms with E-state index in [0.717, 1.165) is 29.9 Å². The van der Waals surface area contributed by atoms with Gasteiger partial charge >= 0.3 is 0 Å². The number of hydrogen-bond acceptors (Lipinski definition) is 4. The second kappa shape index (κ2) is 14.1. The first kappa shape index (κ1) is 25.2. The van der Waals surface area contributed by atoms with E-state index < -0.39 is 6.04 Å². The topological polar surface area (TPSA) is 67.9 Å². The zero-order valence-corrected chi connectivity index (χ0v) is 19.5. The zero-order chi connectivity index (χ0) is 23.2. The van der Waals surface area contributed by atoms with Crippen molar-refractivity contribution < 1.29 is 19.1 Å². The smallest absolute Gasteiger partial charge is 0.242 e. The van der Waals surface area contributed by atoms with Crippen molar-refractivity contribution in [3.63, 3.8) is 0 Å². The Labute approximate surface area is 191 Å². The molecule has 2 rings (SSSR count). The minimum atomic E-state index is -0.509. The molecule has 1 N–H and O–H groups in total. The van der Waals surface area contributed by atoms with Crippen LogP contribution in [0.25, 0.3) is 0 Å². The lowest BCUT2D eigenvalue weighted by atomic mass is 10.1. The first-order valence-electron chi connectivity index (χ1n) is 11.4. The molecule has 0 spiro atoms. The molecule has 0 heterocycles. The Bertz CT molecular complexity index is 808. The van der Waals surface area contributed by atoms with Crippen LogP contribution in [0.15, 0.2) is 54.6 Å². The number of carbonyl (C=O) groups excluding carboxylic acids is 2. The number of amides is 2. The monoisotopic (exact) mass is 440 g/mol. The largest absolute Gasteiger partial charge is 0.497 e.